The quantitative estimate of drug-likeness (QED) is 0.438. The van der Waals surface area contributed by atoms with Gasteiger partial charge in [-0.15, -0.1) is 5.10 Å². The number of aromatic nitrogens is 5. The summed E-state index contributed by atoms with van der Waals surface area (Å²) < 4.78 is 15.2. The highest BCUT2D eigenvalue weighted by Crippen LogP contribution is 2.27. The van der Waals surface area contributed by atoms with Crippen LogP contribution in [-0.4, -0.2) is 25.2 Å². The van der Waals surface area contributed by atoms with Gasteiger partial charge in [0.2, 0.25) is 0 Å². The summed E-state index contributed by atoms with van der Waals surface area (Å²) in [5.74, 6) is 0.467. The molecule has 6 nitrogen and oxygen atoms in total. The SMILES string of the molecule is Fc1cccc(CNc2n[nH]c3ccc(-c4cn(Cc5ccccc5)nn4)cc23)c1. The lowest BCUT2D eigenvalue weighted by Crippen LogP contribution is -2.00. The number of hydrogen-bond donors (Lipinski definition) is 2. The van der Waals surface area contributed by atoms with Gasteiger partial charge in [0, 0.05) is 17.5 Å². The average Bonchev–Trinajstić information content (AvgIpc) is 3.39. The normalized spacial score (nSPS) is 11.1. The van der Waals surface area contributed by atoms with Crippen LogP contribution in [0.15, 0.2) is 79.0 Å². The molecule has 0 bridgehead atoms. The van der Waals surface area contributed by atoms with E-state index in [9.17, 15) is 4.39 Å². The van der Waals surface area contributed by atoms with Crippen LogP contribution in [-0.2, 0) is 13.1 Å². The molecule has 5 aromatic rings. The number of benzene rings is 3. The van der Waals surface area contributed by atoms with Gasteiger partial charge < -0.3 is 5.32 Å². The van der Waals surface area contributed by atoms with Crippen LogP contribution in [0.25, 0.3) is 22.2 Å². The Morgan fingerprint density at radius 3 is 2.67 bits per heavy atom. The molecule has 2 heterocycles. The smallest absolute Gasteiger partial charge is 0.156 e. The van der Waals surface area contributed by atoms with Gasteiger partial charge in [0.05, 0.1) is 18.3 Å². The Bertz CT molecular complexity index is 1290. The van der Waals surface area contributed by atoms with E-state index < -0.39 is 0 Å². The zero-order valence-electron chi connectivity index (χ0n) is 16.1. The Kier molecular flexibility index (Phi) is 4.69. The third kappa shape index (κ3) is 3.77. The lowest BCUT2D eigenvalue weighted by molar-refractivity contribution is 0.626. The number of nitrogens with zero attached hydrogens (tertiary/aromatic N) is 4. The third-order valence-corrected chi connectivity index (χ3v) is 4.93. The number of H-pyrrole nitrogens is 1. The summed E-state index contributed by atoms with van der Waals surface area (Å²) in [5.41, 5.74) is 4.69. The van der Waals surface area contributed by atoms with Gasteiger partial charge in [0.25, 0.3) is 0 Å². The van der Waals surface area contributed by atoms with E-state index >= 15 is 0 Å². The van der Waals surface area contributed by atoms with Crippen molar-refractivity contribution in [1.82, 2.24) is 25.2 Å². The van der Waals surface area contributed by atoms with E-state index in [0.717, 1.165) is 27.7 Å². The Labute approximate surface area is 172 Å². The summed E-state index contributed by atoms with van der Waals surface area (Å²) in [6, 6.07) is 22.7. The molecule has 0 radical (unpaired) electrons. The van der Waals surface area contributed by atoms with Crippen LogP contribution in [0.3, 0.4) is 0 Å². The molecular formula is C23H19FN6. The summed E-state index contributed by atoms with van der Waals surface area (Å²) in [5, 5.41) is 20.2. The lowest BCUT2D eigenvalue weighted by atomic mass is 10.1. The highest BCUT2D eigenvalue weighted by molar-refractivity contribution is 5.92. The van der Waals surface area contributed by atoms with Crippen LogP contribution in [0.4, 0.5) is 10.2 Å². The van der Waals surface area contributed by atoms with E-state index in [1.807, 2.05) is 53.3 Å². The maximum atomic E-state index is 13.4. The Morgan fingerprint density at radius 2 is 1.80 bits per heavy atom. The summed E-state index contributed by atoms with van der Waals surface area (Å²) in [4.78, 5) is 0. The van der Waals surface area contributed by atoms with E-state index in [1.54, 1.807) is 6.07 Å². The van der Waals surface area contributed by atoms with Crippen molar-refractivity contribution in [3.05, 3.63) is 95.9 Å². The molecule has 2 N–H and O–H groups in total. The molecule has 0 aliphatic carbocycles. The topological polar surface area (TPSA) is 71.4 Å². The van der Waals surface area contributed by atoms with Gasteiger partial charge in [-0.25, -0.2) is 9.07 Å². The first-order valence-electron chi connectivity index (χ1n) is 9.65. The molecule has 3 aromatic carbocycles. The number of nitrogens with one attached hydrogen (secondary N) is 2. The summed E-state index contributed by atoms with van der Waals surface area (Å²) >= 11 is 0. The van der Waals surface area contributed by atoms with Crippen LogP contribution >= 0.6 is 0 Å². The molecule has 0 spiro atoms. The van der Waals surface area contributed by atoms with E-state index in [-0.39, 0.29) is 5.82 Å². The molecule has 0 saturated heterocycles. The molecule has 5 rings (SSSR count). The van der Waals surface area contributed by atoms with Gasteiger partial charge in [0.1, 0.15) is 11.5 Å². The molecule has 0 saturated carbocycles. The largest absolute Gasteiger partial charge is 0.364 e. The Balaban J connectivity index is 1.37. The van der Waals surface area contributed by atoms with E-state index in [0.29, 0.717) is 18.9 Å². The Hall–Kier alpha value is -4.00. The summed E-state index contributed by atoms with van der Waals surface area (Å²) in [7, 11) is 0. The molecule has 0 unspecified atom stereocenters. The maximum absolute atomic E-state index is 13.4. The number of aromatic amines is 1. The molecule has 2 aromatic heterocycles. The van der Waals surface area contributed by atoms with Crippen LogP contribution in [0.5, 0.6) is 0 Å². The predicted octanol–water partition coefficient (Wildman–Crippen LogP) is 4.62. The molecule has 0 amide bonds. The van der Waals surface area contributed by atoms with Crippen molar-refractivity contribution >= 4 is 16.7 Å². The van der Waals surface area contributed by atoms with Crippen molar-refractivity contribution in [3.63, 3.8) is 0 Å². The van der Waals surface area contributed by atoms with Gasteiger partial charge in [-0.2, -0.15) is 5.10 Å². The zero-order valence-corrected chi connectivity index (χ0v) is 16.1. The fourth-order valence-corrected chi connectivity index (χ4v) is 3.42. The van der Waals surface area contributed by atoms with Gasteiger partial charge in [0.15, 0.2) is 5.82 Å². The first-order valence-corrected chi connectivity index (χ1v) is 9.65. The van der Waals surface area contributed by atoms with Crippen molar-refractivity contribution in [3.8, 4) is 11.3 Å². The highest BCUT2D eigenvalue weighted by Gasteiger charge is 2.10. The molecule has 0 atom stereocenters. The van der Waals surface area contributed by atoms with Crippen molar-refractivity contribution in [2.75, 3.05) is 5.32 Å². The Morgan fingerprint density at radius 1 is 0.933 bits per heavy atom. The van der Waals surface area contributed by atoms with Crippen LogP contribution in [0.2, 0.25) is 0 Å². The zero-order chi connectivity index (χ0) is 20.3. The van der Waals surface area contributed by atoms with Crippen molar-refractivity contribution in [2.24, 2.45) is 0 Å². The van der Waals surface area contributed by atoms with Crippen LogP contribution in [0.1, 0.15) is 11.1 Å². The van der Waals surface area contributed by atoms with Crippen molar-refractivity contribution in [2.45, 2.75) is 13.1 Å². The number of fused-ring (bicyclic) bond motifs is 1. The number of hydrogen-bond acceptors (Lipinski definition) is 4. The minimum absolute atomic E-state index is 0.248. The number of anilines is 1. The van der Waals surface area contributed by atoms with Crippen LogP contribution in [0, 0.1) is 5.82 Å². The maximum Gasteiger partial charge on any atom is 0.156 e. The van der Waals surface area contributed by atoms with Gasteiger partial charge >= 0.3 is 0 Å². The summed E-state index contributed by atoms with van der Waals surface area (Å²) in [6.07, 6.45) is 1.94. The first-order chi connectivity index (χ1) is 14.7. The minimum atomic E-state index is -0.248. The first kappa shape index (κ1) is 18.1. The van der Waals surface area contributed by atoms with Gasteiger partial charge in [-0.3, -0.25) is 5.10 Å². The van der Waals surface area contributed by atoms with Gasteiger partial charge in [-0.05, 0) is 35.4 Å². The summed E-state index contributed by atoms with van der Waals surface area (Å²) in [6.45, 7) is 1.15. The molecule has 0 fully saturated rings. The fourth-order valence-electron chi connectivity index (χ4n) is 3.42. The molecule has 0 aliphatic rings. The van der Waals surface area contributed by atoms with E-state index in [1.165, 1.54) is 17.7 Å². The van der Waals surface area contributed by atoms with Crippen molar-refractivity contribution in [1.29, 1.82) is 0 Å². The molecule has 148 valence electrons. The fraction of sp³-hybridized carbons (Fsp3) is 0.0870. The van der Waals surface area contributed by atoms with Crippen LogP contribution < -0.4 is 5.32 Å². The third-order valence-electron chi connectivity index (χ3n) is 4.93. The number of rotatable bonds is 6. The number of halogens is 1. The monoisotopic (exact) mass is 398 g/mol. The van der Waals surface area contributed by atoms with Gasteiger partial charge in [-0.1, -0.05) is 53.7 Å². The van der Waals surface area contributed by atoms with Crippen molar-refractivity contribution < 1.29 is 4.39 Å². The lowest BCUT2D eigenvalue weighted by Gasteiger charge is -2.04. The second-order valence-corrected chi connectivity index (χ2v) is 7.10. The molecule has 7 heteroatoms. The second-order valence-electron chi connectivity index (χ2n) is 7.10. The predicted molar refractivity (Wildman–Crippen MR) is 114 cm³/mol. The molecule has 0 aliphatic heterocycles. The standard InChI is InChI=1S/C23H19FN6/c24-19-8-4-7-17(11-19)13-25-23-20-12-18(9-10-21(20)26-28-23)22-15-30(29-27-22)14-16-5-2-1-3-6-16/h1-12,15H,13-14H2,(H2,25,26,28). The van der Waals surface area contributed by atoms with E-state index in [2.05, 4.69) is 38.0 Å². The molecular weight excluding hydrogens is 379 g/mol. The average molecular weight is 398 g/mol. The minimum Gasteiger partial charge on any atom is -0.364 e. The van der Waals surface area contributed by atoms with E-state index in [4.69, 9.17) is 0 Å². The highest BCUT2D eigenvalue weighted by atomic mass is 19.1. The molecule has 30 heavy (non-hydrogen) atoms. The second kappa shape index (κ2) is 7.79.